The molecule has 1 aliphatic carbocycles. The summed E-state index contributed by atoms with van der Waals surface area (Å²) in [4.78, 5) is 0. The van der Waals surface area contributed by atoms with Gasteiger partial charge in [0.2, 0.25) is 0 Å². The Balaban J connectivity index is 2.47. The fraction of sp³-hybridized carbons (Fsp3) is 0.800. The van der Waals surface area contributed by atoms with Gasteiger partial charge in [-0.25, -0.2) is 0 Å². The summed E-state index contributed by atoms with van der Waals surface area (Å²) in [6.45, 7) is 4.59. The van der Waals surface area contributed by atoms with Gasteiger partial charge in [0.15, 0.2) is 0 Å². The predicted octanol–water partition coefficient (Wildman–Crippen LogP) is 3.53. The van der Waals surface area contributed by atoms with E-state index in [1.807, 2.05) is 0 Å². The monoisotopic (exact) mass is 138 g/mol. The molecular weight excluding hydrogens is 120 g/mol. The van der Waals surface area contributed by atoms with Gasteiger partial charge in [0.05, 0.1) is 0 Å². The molecule has 1 unspecified atom stereocenters. The van der Waals surface area contributed by atoms with Crippen molar-refractivity contribution in [2.45, 2.75) is 46.0 Å². The average molecular weight is 138 g/mol. The number of hydrogen-bond acceptors (Lipinski definition) is 0. The van der Waals surface area contributed by atoms with Gasteiger partial charge in [-0.1, -0.05) is 31.9 Å². The van der Waals surface area contributed by atoms with Gasteiger partial charge >= 0.3 is 0 Å². The molecule has 1 rings (SSSR count). The van der Waals surface area contributed by atoms with Crippen molar-refractivity contribution < 1.29 is 0 Å². The number of allylic oxidation sites excluding steroid dienone is 2. The molecule has 0 heterocycles. The Morgan fingerprint density at radius 3 is 2.90 bits per heavy atom. The SMILES string of the molecule is CC/C=C1\CCCCC1C. The van der Waals surface area contributed by atoms with Gasteiger partial charge in [0.1, 0.15) is 0 Å². The largest absolute Gasteiger partial charge is 0.0853 e. The lowest BCUT2D eigenvalue weighted by molar-refractivity contribution is 0.482. The molecule has 1 atom stereocenters. The first-order valence-corrected chi connectivity index (χ1v) is 4.53. The Morgan fingerprint density at radius 1 is 1.50 bits per heavy atom. The zero-order valence-electron chi connectivity index (χ0n) is 7.19. The summed E-state index contributed by atoms with van der Waals surface area (Å²) in [6, 6.07) is 0. The van der Waals surface area contributed by atoms with E-state index in [1.54, 1.807) is 5.57 Å². The number of hydrogen-bond donors (Lipinski definition) is 0. The first-order chi connectivity index (χ1) is 4.84. The summed E-state index contributed by atoms with van der Waals surface area (Å²) < 4.78 is 0. The average Bonchev–Trinajstić information content (AvgIpc) is 1.94. The van der Waals surface area contributed by atoms with Crippen molar-refractivity contribution in [1.82, 2.24) is 0 Å². The summed E-state index contributed by atoms with van der Waals surface area (Å²) in [7, 11) is 0. The van der Waals surface area contributed by atoms with E-state index in [0.29, 0.717) is 0 Å². The smallest absolute Gasteiger partial charge is 0.0232 e. The summed E-state index contributed by atoms with van der Waals surface area (Å²) in [5.41, 5.74) is 1.72. The molecule has 0 aromatic rings. The van der Waals surface area contributed by atoms with Crippen LogP contribution in [0.15, 0.2) is 11.6 Å². The molecule has 58 valence electrons. The van der Waals surface area contributed by atoms with Crippen molar-refractivity contribution in [2.24, 2.45) is 5.92 Å². The predicted molar refractivity (Wildman–Crippen MR) is 46.0 cm³/mol. The van der Waals surface area contributed by atoms with E-state index in [-0.39, 0.29) is 0 Å². The Labute approximate surface area is 64.3 Å². The van der Waals surface area contributed by atoms with Gasteiger partial charge in [-0.15, -0.1) is 0 Å². The highest BCUT2D eigenvalue weighted by Crippen LogP contribution is 2.28. The van der Waals surface area contributed by atoms with E-state index < -0.39 is 0 Å². The maximum atomic E-state index is 2.42. The third-order valence-corrected chi connectivity index (χ3v) is 2.45. The van der Waals surface area contributed by atoms with Crippen molar-refractivity contribution in [3.05, 3.63) is 11.6 Å². The second-order valence-electron chi connectivity index (χ2n) is 3.33. The van der Waals surface area contributed by atoms with Crippen molar-refractivity contribution in [1.29, 1.82) is 0 Å². The van der Waals surface area contributed by atoms with E-state index in [4.69, 9.17) is 0 Å². The van der Waals surface area contributed by atoms with E-state index in [2.05, 4.69) is 19.9 Å². The van der Waals surface area contributed by atoms with Crippen LogP contribution in [0, 0.1) is 5.92 Å². The van der Waals surface area contributed by atoms with Crippen LogP contribution in [0.2, 0.25) is 0 Å². The second-order valence-corrected chi connectivity index (χ2v) is 3.33. The van der Waals surface area contributed by atoms with Crippen molar-refractivity contribution >= 4 is 0 Å². The summed E-state index contributed by atoms with van der Waals surface area (Å²) in [6.07, 6.45) is 9.31. The zero-order chi connectivity index (χ0) is 7.40. The molecule has 0 aromatic carbocycles. The summed E-state index contributed by atoms with van der Waals surface area (Å²) >= 11 is 0. The third kappa shape index (κ3) is 1.86. The summed E-state index contributed by atoms with van der Waals surface area (Å²) in [5.74, 6) is 0.883. The first-order valence-electron chi connectivity index (χ1n) is 4.53. The molecular formula is C10H18. The lowest BCUT2D eigenvalue weighted by Gasteiger charge is -2.21. The van der Waals surface area contributed by atoms with Gasteiger partial charge in [-0.2, -0.15) is 0 Å². The molecule has 1 saturated carbocycles. The van der Waals surface area contributed by atoms with Crippen LogP contribution in [0.3, 0.4) is 0 Å². The minimum atomic E-state index is 0.883. The molecule has 0 heteroatoms. The molecule has 0 radical (unpaired) electrons. The van der Waals surface area contributed by atoms with Gasteiger partial charge in [-0.05, 0) is 31.6 Å². The maximum Gasteiger partial charge on any atom is -0.0232 e. The molecule has 1 aliphatic rings. The Morgan fingerprint density at radius 2 is 2.30 bits per heavy atom. The quantitative estimate of drug-likeness (QED) is 0.486. The molecule has 0 bridgehead atoms. The minimum absolute atomic E-state index is 0.883. The van der Waals surface area contributed by atoms with E-state index >= 15 is 0 Å². The van der Waals surface area contributed by atoms with Crippen LogP contribution < -0.4 is 0 Å². The van der Waals surface area contributed by atoms with Gasteiger partial charge < -0.3 is 0 Å². The van der Waals surface area contributed by atoms with E-state index in [9.17, 15) is 0 Å². The highest BCUT2D eigenvalue weighted by molar-refractivity contribution is 5.07. The standard InChI is InChI=1S/C10H18/c1-3-6-10-8-5-4-7-9(10)2/h6,9H,3-5,7-8H2,1-2H3/b10-6+. The normalized spacial score (nSPS) is 31.0. The molecule has 0 nitrogen and oxygen atoms in total. The van der Waals surface area contributed by atoms with Crippen LogP contribution in [-0.4, -0.2) is 0 Å². The van der Waals surface area contributed by atoms with Crippen LogP contribution in [0.5, 0.6) is 0 Å². The highest BCUT2D eigenvalue weighted by atomic mass is 14.2. The van der Waals surface area contributed by atoms with E-state index in [1.165, 1.54) is 32.1 Å². The lowest BCUT2D eigenvalue weighted by Crippen LogP contribution is -2.05. The maximum absolute atomic E-state index is 2.42. The van der Waals surface area contributed by atoms with E-state index in [0.717, 1.165) is 5.92 Å². The minimum Gasteiger partial charge on any atom is -0.0853 e. The Kier molecular flexibility index (Phi) is 2.98. The van der Waals surface area contributed by atoms with Crippen LogP contribution in [0.1, 0.15) is 46.0 Å². The van der Waals surface area contributed by atoms with Crippen LogP contribution in [0.4, 0.5) is 0 Å². The molecule has 0 aliphatic heterocycles. The molecule has 10 heavy (non-hydrogen) atoms. The highest BCUT2D eigenvalue weighted by Gasteiger charge is 2.12. The van der Waals surface area contributed by atoms with Crippen molar-refractivity contribution in [3.8, 4) is 0 Å². The third-order valence-electron chi connectivity index (χ3n) is 2.45. The Hall–Kier alpha value is -0.260. The Bertz CT molecular complexity index is 122. The fourth-order valence-corrected chi connectivity index (χ4v) is 1.78. The molecule has 0 aromatic heterocycles. The van der Waals surface area contributed by atoms with Crippen molar-refractivity contribution in [2.75, 3.05) is 0 Å². The molecule has 0 saturated heterocycles. The molecule has 0 spiro atoms. The number of rotatable bonds is 1. The first kappa shape index (κ1) is 7.84. The lowest BCUT2D eigenvalue weighted by atomic mass is 9.85. The zero-order valence-corrected chi connectivity index (χ0v) is 7.19. The van der Waals surface area contributed by atoms with Crippen LogP contribution in [0.25, 0.3) is 0 Å². The van der Waals surface area contributed by atoms with Gasteiger partial charge in [0, 0.05) is 0 Å². The topological polar surface area (TPSA) is 0 Å². The molecule has 0 amide bonds. The second kappa shape index (κ2) is 3.80. The van der Waals surface area contributed by atoms with Gasteiger partial charge in [0.25, 0.3) is 0 Å². The van der Waals surface area contributed by atoms with Crippen LogP contribution >= 0.6 is 0 Å². The van der Waals surface area contributed by atoms with Gasteiger partial charge in [-0.3, -0.25) is 0 Å². The summed E-state index contributed by atoms with van der Waals surface area (Å²) in [5, 5.41) is 0. The van der Waals surface area contributed by atoms with Crippen LogP contribution in [-0.2, 0) is 0 Å². The fourth-order valence-electron chi connectivity index (χ4n) is 1.78. The molecule has 1 fully saturated rings. The van der Waals surface area contributed by atoms with Crippen molar-refractivity contribution in [3.63, 3.8) is 0 Å². The molecule has 0 N–H and O–H groups in total.